The van der Waals surface area contributed by atoms with Crippen molar-refractivity contribution in [2.24, 2.45) is 5.92 Å². The summed E-state index contributed by atoms with van der Waals surface area (Å²) in [5, 5.41) is 11.9. The molecular weight excluding hydrogens is 344 g/mol. The van der Waals surface area contributed by atoms with Gasteiger partial charge in [-0.25, -0.2) is 4.79 Å². The number of phenols is 1. The van der Waals surface area contributed by atoms with Crippen LogP contribution >= 0.6 is 0 Å². The molecular formula is C22H18O5. The van der Waals surface area contributed by atoms with Crippen LogP contribution in [0.3, 0.4) is 0 Å². The molecule has 0 saturated carbocycles. The molecule has 0 aliphatic heterocycles. The quantitative estimate of drug-likeness (QED) is 0.401. The molecule has 0 saturated heterocycles. The van der Waals surface area contributed by atoms with E-state index in [4.69, 9.17) is 8.83 Å². The highest BCUT2D eigenvalue weighted by molar-refractivity contribution is 6.20. The lowest BCUT2D eigenvalue weighted by atomic mass is 9.91. The first-order valence-electron chi connectivity index (χ1n) is 8.82. The third-order valence-corrected chi connectivity index (χ3v) is 4.96. The number of ketones is 1. The Balaban J connectivity index is 2.19. The zero-order chi connectivity index (χ0) is 19.1. The van der Waals surface area contributed by atoms with Crippen LogP contribution in [-0.4, -0.2) is 10.9 Å². The molecule has 0 fully saturated rings. The minimum Gasteiger partial charge on any atom is -0.506 e. The third-order valence-electron chi connectivity index (χ3n) is 4.96. The highest BCUT2D eigenvalue weighted by Crippen LogP contribution is 2.43. The molecule has 1 atom stereocenters. The third kappa shape index (κ3) is 2.63. The van der Waals surface area contributed by atoms with Gasteiger partial charge in [0.15, 0.2) is 16.9 Å². The zero-order valence-corrected chi connectivity index (χ0v) is 15.0. The molecule has 0 spiro atoms. The Kier molecular flexibility index (Phi) is 4.07. The first-order chi connectivity index (χ1) is 13.0. The van der Waals surface area contributed by atoms with Gasteiger partial charge in [0.05, 0.1) is 17.0 Å². The normalized spacial score (nSPS) is 12.5. The van der Waals surface area contributed by atoms with E-state index in [-0.39, 0.29) is 34.2 Å². The van der Waals surface area contributed by atoms with Crippen molar-refractivity contribution in [1.82, 2.24) is 0 Å². The molecule has 4 aromatic rings. The average Bonchev–Trinajstić information content (AvgIpc) is 3.16. The van der Waals surface area contributed by atoms with Gasteiger partial charge in [0.2, 0.25) is 0 Å². The van der Waals surface area contributed by atoms with E-state index in [2.05, 4.69) is 0 Å². The Labute approximate surface area is 154 Å². The zero-order valence-electron chi connectivity index (χ0n) is 15.0. The summed E-state index contributed by atoms with van der Waals surface area (Å²) < 4.78 is 10.9. The molecule has 27 heavy (non-hydrogen) atoms. The maximum Gasteiger partial charge on any atom is 0.336 e. The van der Waals surface area contributed by atoms with Crippen LogP contribution < -0.4 is 5.63 Å². The first kappa shape index (κ1) is 17.1. The molecule has 2 aromatic heterocycles. The van der Waals surface area contributed by atoms with Gasteiger partial charge in [0.1, 0.15) is 11.3 Å². The van der Waals surface area contributed by atoms with Crippen molar-refractivity contribution in [3.63, 3.8) is 0 Å². The number of aromatic hydroxyl groups is 1. The summed E-state index contributed by atoms with van der Waals surface area (Å²) in [5.41, 5.74) is 1.30. The summed E-state index contributed by atoms with van der Waals surface area (Å²) in [6.45, 7) is 3.72. The van der Waals surface area contributed by atoms with Crippen molar-refractivity contribution < 1.29 is 18.7 Å². The Hall–Kier alpha value is -3.34. The lowest BCUT2D eigenvalue weighted by molar-refractivity contribution is 0.0925. The highest BCUT2D eigenvalue weighted by atomic mass is 16.4. The topological polar surface area (TPSA) is 80.6 Å². The van der Waals surface area contributed by atoms with Gasteiger partial charge in [-0.2, -0.15) is 0 Å². The fraction of sp³-hybridized carbons (Fsp3) is 0.182. The van der Waals surface area contributed by atoms with Crippen molar-refractivity contribution in [3.05, 3.63) is 64.7 Å². The van der Waals surface area contributed by atoms with Gasteiger partial charge in [-0.05, 0) is 18.1 Å². The minimum atomic E-state index is -0.538. The number of Topliss-reactive ketones (excluding diaryl/α,β-unsaturated/α-hetero) is 1. The second kappa shape index (κ2) is 6.43. The average molecular weight is 362 g/mol. The predicted molar refractivity (Wildman–Crippen MR) is 103 cm³/mol. The number of fused-ring (bicyclic) bond motifs is 3. The van der Waals surface area contributed by atoms with Crippen molar-refractivity contribution in [2.75, 3.05) is 0 Å². The summed E-state index contributed by atoms with van der Waals surface area (Å²) in [6, 6.07) is 12.2. The van der Waals surface area contributed by atoms with Gasteiger partial charge in [-0.3, -0.25) is 4.79 Å². The van der Waals surface area contributed by atoms with Crippen molar-refractivity contribution in [2.45, 2.75) is 20.3 Å². The molecule has 2 heterocycles. The van der Waals surface area contributed by atoms with Gasteiger partial charge in [-0.15, -0.1) is 0 Å². The molecule has 1 N–H and O–H groups in total. The van der Waals surface area contributed by atoms with Gasteiger partial charge < -0.3 is 13.9 Å². The highest BCUT2D eigenvalue weighted by Gasteiger charge is 2.27. The van der Waals surface area contributed by atoms with Crippen LogP contribution in [0.25, 0.3) is 33.1 Å². The number of rotatable bonds is 4. The Bertz CT molecular complexity index is 1210. The molecule has 136 valence electrons. The van der Waals surface area contributed by atoms with E-state index >= 15 is 0 Å². The van der Waals surface area contributed by atoms with E-state index < -0.39 is 5.63 Å². The molecule has 0 aliphatic carbocycles. The molecule has 0 amide bonds. The van der Waals surface area contributed by atoms with E-state index in [1.165, 1.54) is 12.3 Å². The molecule has 4 rings (SSSR count). The van der Waals surface area contributed by atoms with Gasteiger partial charge in [-0.1, -0.05) is 44.2 Å². The second-order valence-electron chi connectivity index (χ2n) is 6.61. The summed E-state index contributed by atoms with van der Waals surface area (Å²) in [5.74, 6) is -0.708. The molecule has 0 aliphatic rings. The second-order valence-corrected chi connectivity index (χ2v) is 6.61. The number of furan rings is 1. The standard InChI is InChI=1S/C22H18O5/c1-3-12(2)19(24)18-20(25)17-15(13-7-5-4-6-8-13)11-16(23)27-22(17)14-9-10-26-21(14)18/h4-12,25H,3H2,1-2H3. The van der Waals surface area contributed by atoms with Crippen molar-refractivity contribution >= 4 is 27.7 Å². The van der Waals surface area contributed by atoms with Gasteiger partial charge >= 0.3 is 5.63 Å². The molecule has 1 unspecified atom stereocenters. The number of benzene rings is 2. The van der Waals surface area contributed by atoms with Crippen LogP contribution in [0.4, 0.5) is 0 Å². The first-order valence-corrected chi connectivity index (χ1v) is 8.82. The van der Waals surface area contributed by atoms with Crippen LogP contribution in [0.2, 0.25) is 0 Å². The van der Waals surface area contributed by atoms with Crippen molar-refractivity contribution in [3.8, 4) is 16.9 Å². The monoisotopic (exact) mass is 362 g/mol. The fourth-order valence-electron chi connectivity index (χ4n) is 3.34. The van der Waals surface area contributed by atoms with Crippen molar-refractivity contribution in [1.29, 1.82) is 0 Å². The maximum atomic E-state index is 13.0. The number of carbonyl (C=O) groups excluding carboxylic acids is 1. The van der Waals surface area contributed by atoms with Crippen LogP contribution in [0.1, 0.15) is 30.6 Å². The Morgan fingerprint density at radius 1 is 1.15 bits per heavy atom. The summed E-state index contributed by atoms with van der Waals surface area (Å²) in [7, 11) is 0. The molecule has 5 heteroatoms. The van der Waals surface area contributed by atoms with Gasteiger partial charge in [0, 0.05) is 17.5 Å². The van der Waals surface area contributed by atoms with E-state index in [1.54, 1.807) is 6.07 Å². The van der Waals surface area contributed by atoms with Gasteiger partial charge in [0.25, 0.3) is 0 Å². The van der Waals surface area contributed by atoms with Crippen LogP contribution in [0, 0.1) is 5.92 Å². The smallest absolute Gasteiger partial charge is 0.336 e. The minimum absolute atomic E-state index is 0.128. The number of hydrogen-bond donors (Lipinski definition) is 1. The maximum absolute atomic E-state index is 13.0. The lowest BCUT2D eigenvalue weighted by Gasteiger charge is -2.14. The fourth-order valence-corrected chi connectivity index (χ4v) is 3.34. The molecule has 0 radical (unpaired) electrons. The van der Waals surface area contributed by atoms with E-state index in [0.717, 1.165) is 5.56 Å². The number of phenolic OH excluding ortho intramolecular Hbond substituents is 1. The van der Waals surface area contributed by atoms with Crippen LogP contribution in [0.5, 0.6) is 5.75 Å². The van der Waals surface area contributed by atoms with E-state index in [9.17, 15) is 14.7 Å². The number of carbonyl (C=O) groups is 1. The van der Waals surface area contributed by atoms with Crippen LogP contribution in [-0.2, 0) is 0 Å². The summed E-state index contributed by atoms with van der Waals surface area (Å²) >= 11 is 0. The Morgan fingerprint density at radius 2 is 1.89 bits per heavy atom. The van der Waals surface area contributed by atoms with Crippen LogP contribution in [0.15, 0.2) is 62.4 Å². The summed E-state index contributed by atoms with van der Waals surface area (Å²) in [4.78, 5) is 25.1. The van der Waals surface area contributed by atoms with E-state index in [0.29, 0.717) is 22.8 Å². The molecule has 2 aromatic carbocycles. The van der Waals surface area contributed by atoms with E-state index in [1.807, 2.05) is 44.2 Å². The molecule has 5 nitrogen and oxygen atoms in total. The number of hydrogen-bond acceptors (Lipinski definition) is 5. The molecule has 0 bridgehead atoms. The Morgan fingerprint density at radius 3 is 2.59 bits per heavy atom. The SMILES string of the molecule is CCC(C)C(=O)c1c(O)c2c(-c3ccccc3)cc(=O)oc2c2ccoc12. The lowest BCUT2D eigenvalue weighted by Crippen LogP contribution is -2.11. The summed E-state index contributed by atoms with van der Waals surface area (Å²) in [6.07, 6.45) is 2.06. The largest absolute Gasteiger partial charge is 0.506 e. The predicted octanol–water partition coefficient (Wildman–Crippen LogP) is 5.14.